The van der Waals surface area contributed by atoms with Crippen molar-refractivity contribution in [1.29, 1.82) is 0 Å². The standard InChI is InChI=1S/C25H29N5O2/c1-25(2)14-18-20(19(31)15-25)17(9-8-16-6-4-3-5-7-16)21-22(26)28-24(29-23(21)27-18)30-10-12-32-13-11-30/h3-9,17H,10-15H2,1-2H3,(H3,26,27,28,29)/b9-8+/t17-/m1/s1. The van der Waals surface area contributed by atoms with Crippen molar-refractivity contribution in [3.05, 3.63) is 58.8 Å². The number of aromatic nitrogens is 2. The van der Waals surface area contributed by atoms with Crippen molar-refractivity contribution in [2.75, 3.05) is 42.3 Å². The summed E-state index contributed by atoms with van der Waals surface area (Å²) in [5.74, 6) is 1.60. The maximum absolute atomic E-state index is 13.3. The number of ketones is 1. The molecule has 2 aromatic rings. The van der Waals surface area contributed by atoms with Crippen LogP contribution >= 0.6 is 0 Å². The van der Waals surface area contributed by atoms with Gasteiger partial charge in [-0.3, -0.25) is 4.79 Å². The summed E-state index contributed by atoms with van der Waals surface area (Å²) in [6.07, 6.45) is 5.42. The lowest BCUT2D eigenvalue weighted by Gasteiger charge is -2.38. The summed E-state index contributed by atoms with van der Waals surface area (Å²) in [4.78, 5) is 24.9. The van der Waals surface area contributed by atoms with Crippen molar-refractivity contribution < 1.29 is 9.53 Å². The molecule has 1 atom stereocenters. The zero-order valence-corrected chi connectivity index (χ0v) is 18.6. The molecule has 1 aliphatic carbocycles. The fourth-order valence-electron chi connectivity index (χ4n) is 4.84. The van der Waals surface area contributed by atoms with Crippen LogP contribution < -0.4 is 16.0 Å². The van der Waals surface area contributed by atoms with E-state index in [1.165, 1.54) is 0 Å². The molecular formula is C25H29N5O2. The van der Waals surface area contributed by atoms with Gasteiger partial charge in [-0.25, -0.2) is 0 Å². The van der Waals surface area contributed by atoms with Crippen LogP contribution in [0.1, 0.15) is 43.7 Å². The average molecular weight is 432 g/mol. The van der Waals surface area contributed by atoms with Gasteiger partial charge in [0.2, 0.25) is 5.95 Å². The number of rotatable bonds is 3. The Morgan fingerprint density at radius 2 is 1.91 bits per heavy atom. The van der Waals surface area contributed by atoms with E-state index in [9.17, 15) is 4.79 Å². The molecule has 1 aromatic heterocycles. The first-order valence-corrected chi connectivity index (χ1v) is 11.2. The largest absolute Gasteiger partial charge is 0.383 e. The Hall–Kier alpha value is -3.19. The topological polar surface area (TPSA) is 93.4 Å². The Labute approximate surface area is 188 Å². The number of benzene rings is 1. The van der Waals surface area contributed by atoms with Crippen LogP contribution in [0.2, 0.25) is 0 Å². The normalized spacial score (nSPS) is 22.5. The van der Waals surface area contributed by atoms with Crippen LogP contribution in [-0.4, -0.2) is 42.1 Å². The minimum atomic E-state index is -0.274. The van der Waals surface area contributed by atoms with Crippen LogP contribution in [-0.2, 0) is 9.53 Å². The highest BCUT2D eigenvalue weighted by atomic mass is 16.5. The summed E-state index contributed by atoms with van der Waals surface area (Å²) in [5, 5.41) is 3.47. The highest BCUT2D eigenvalue weighted by molar-refractivity contribution is 6.01. The summed E-state index contributed by atoms with van der Waals surface area (Å²) in [5.41, 5.74) is 10.0. The molecule has 7 nitrogen and oxygen atoms in total. The van der Waals surface area contributed by atoms with Crippen molar-refractivity contribution in [1.82, 2.24) is 9.97 Å². The van der Waals surface area contributed by atoms with Gasteiger partial charge in [0.25, 0.3) is 0 Å². The van der Waals surface area contributed by atoms with Gasteiger partial charge in [-0.2, -0.15) is 9.97 Å². The van der Waals surface area contributed by atoms with Crippen LogP contribution in [0.25, 0.3) is 6.08 Å². The van der Waals surface area contributed by atoms with Crippen LogP contribution in [0.3, 0.4) is 0 Å². The van der Waals surface area contributed by atoms with Crippen molar-refractivity contribution in [3.8, 4) is 0 Å². The molecule has 32 heavy (non-hydrogen) atoms. The smallest absolute Gasteiger partial charge is 0.229 e. The second-order valence-electron chi connectivity index (χ2n) is 9.48. The van der Waals surface area contributed by atoms with Gasteiger partial charge in [-0.15, -0.1) is 0 Å². The van der Waals surface area contributed by atoms with E-state index in [1.807, 2.05) is 36.4 Å². The van der Waals surface area contributed by atoms with Crippen molar-refractivity contribution in [2.45, 2.75) is 32.6 Å². The quantitative estimate of drug-likeness (QED) is 0.764. The number of fused-ring (bicyclic) bond motifs is 1. The van der Waals surface area contributed by atoms with E-state index < -0.39 is 0 Å². The van der Waals surface area contributed by atoms with E-state index in [0.29, 0.717) is 37.2 Å². The van der Waals surface area contributed by atoms with Gasteiger partial charge < -0.3 is 20.7 Å². The van der Waals surface area contributed by atoms with E-state index >= 15 is 0 Å². The first-order valence-electron chi connectivity index (χ1n) is 11.2. The number of nitrogens with zero attached hydrogens (tertiary/aromatic N) is 3. The molecule has 0 saturated carbocycles. The molecule has 166 valence electrons. The van der Waals surface area contributed by atoms with Gasteiger partial charge in [-0.1, -0.05) is 56.3 Å². The fraction of sp³-hybridized carbons (Fsp3) is 0.400. The zero-order chi connectivity index (χ0) is 22.3. The number of nitrogen functional groups attached to an aromatic ring is 1. The average Bonchev–Trinajstić information content (AvgIpc) is 2.77. The number of nitrogens with two attached hydrogens (primary N) is 1. The summed E-state index contributed by atoms with van der Waals surface area (Å²) < 4.78 is 5.46. The number of Topliss-reactive ketones (excluding diaryl/α,β-unsaturated/α-hetero) is 1. The molecule has 0 amide bonds. The number of ether oxygens (including phenoxy) is 1. The number of morpholine rings is 1. The van der Waals surface area contributed by atoms with Crippen molar-refractivity contribution in [2.24, 2.45) is 5.41 Å². The van der Waals surface area contributed by atoms with Gasteiger partial charge in [0.15, 0.2) is 5.78 Å². The number of carbonyl (C=O) groups excluding carboxylic acids is 1. The van der Waals surface area contributed by atoms with Crippen LogP contribution in [0.4, 0.5) is 17.6 Å². The Kier molecular flexibility index (Phi) is 5.21. The second-order valence-corrected chi connectivity index (χ2v) is 9.48. The van der Waals surface area contributed by atoms with E-state index in [2.05, 4.69) is 35.1 Å². The highest BCUT2D eigenvalue weighted by Crippen LogP contribution is 2.48. The summed E-state index contributed by atoms with van der Waals surface area (Å²) in [6.45, 7) is 7.02. The van der Waals surface area contributed by atoms with Crippen LogP contribution in [0.5, 0.6) is 0 Å². The van der Waals surface area contributed by atoms with Crippen LogP contribution in [0.15, 0.2) is 47.7 Å². The Morgan fingerprint density at radius 3 is 2.66 bits per heavy atom. The molecular weight excluding hydrogens is 402 g/mol. The third kappa shape index (κ3) is 3.88. The predicted molar refractivity (Wildman–Crippen MR) is 126 cm³/mol. The fourth-order valence-corrected chi connectivity index (χ4v) is 4.84. The molecule has 2 aliphatic heterocycles. The number of carbonyl (C=O) groups is 1. The lowest BCUT2D eigenvalue weighted by atomic mass is 9.70. The van der Waals surface area contributed by atoms with E-state index in [0.717, 1.165) is 41.9 Å². The molecule has 1 aromatic carbocycles. The minimum Gasteiger partial charge on any atom is -0.383 e. The third-order valence-corrected chi connectivity index (χ3v) is 6.35. The number of allylic oxidation sites excluding steroid dienone is 3. The maximum atomic E-state index is 13.3. The van der Waals surface area contributed by atoms with E-state index in [1.54, 1.807) is 0 Å². The number of hydrogen-bond acceptors (Lipinski definition) is 7. The SMILES string of the molecule is CC1(C)CC(=O)C2=C(C1)Nc1nc(N3CCOCC3)nc(N)c1[C@@H]2/C=C/c1ccccc1. The molecule has 5 rings (SSSR count). The lowest BCUT2D eigenvalue weighted by Crippen LogP contribution is -2.38. The molecule has 0 spiro atoms. The van der Waals surface area contributed by atoms with Crippen molar-refractivity contribution in [3.63, 3.8) is 0 Å². The van der Waals surface area contributed by atoms with Gasteiger partial charge >= 0.3 is 0 Å². The molecule has 0 bridgehead atoms. The van der Waals surface area contributed by atoms with Gasteiger partial charge in [0.1, 0.15) is 11.6 Å². The monoisotopic (exact) mass is 431 g/mol. The molecule has 1 fully saturated rings. The summed E-state index contributed by atoms with van der Waals surface area (Å²) in [6, 6.07) is 10.1. The molecule has 3 heterocycles. The van der Waals surface area contributed by atoms with E-state index in [4.69, 9.17) is 15.5 Å². The first-order chi connectivity index (χ1) is 15.4. The molecule has 7 heteroatoms. The first kappa shape index (κ1) is 20.7. The Morgan fingerprint density at radius 1 is 1.16 bits per heavy atom. The highest BCUT2D eigenvalue weighted by Gasteiger charge is 2.41. The summed E-state index contributed by atoms with van der Waals surface area (Å²) in [7, 11) is 0. The number of nitrogens with one attached hydrogen (secondary N) is 1. The number of anilines is 3. The lowest BCUT2D eigenvalue weighted by molar-refractivity contribution is -0.118. The number of hydrogen-bond donors (Lipinski definition) is 2. The van der Waals surface area contributed by atoms with Gasteiger partial charge in [0.05, 0.1) is 13.2 Å². The molecule has 0 unspecified atom stereocenters. The van der Waals surface area contributed by atoms with Crippen molar-refractivity contribution >= 4 is 29.4 Å². The summed E-state index contributed by atoms with van der Waals surface area (Å²) >= 11 is 0. The van der Waals surface area contributed by atoms with Gasteiger partial charge in [-0.05, 0) is 17.4 Å². The third-order valence-electron chi connectivity index (χ3n) is 6.35. The molecule has 3 aliphatic rings. The molecule has 1 saturated heterocycles. The second kappa shape index (κ2) is 8.06. The predicted octanol–water partition coefficient (Wildman–Crippen LogP) is 3.76. The zero-order valence-electron chi connectivity index (χ0n) is 18.6. The maximum Gasteiger partial charge on any atom is 0.229 e. The van der Waals surface area contributed by atoms with Crippen LogP contribution in [0, 0.1) is 5.41 Å². The Balaban J connectivity index is 1.60. The molecule has 0 radical (unpaired) electrons. The molecule has 3 N–H and O–H groups in total. The van der Waals surface area contributed by atoms with Gasteiger partial charge in [0, 0.05) is 42.3 Å². The Bertz CT molecular complexity index is 1100. The minimum absolute atomic E-state index is 0.0975. The van der Waals surface area contributed by atoms with E-state index in [-0.39, 0.29) is 17.1 Å².